The van der Waals surface area contributed by atoms with Gasteiger partial charge in [-0.15, -0.1) is 0 Å². The number of carbonyl (C=O) groups is 2. The van der Waals surface area contributed by atoms with Crippen molar-refractivity contribution in [3.05, 3.63) is 33.4 Å². The van der Waals surface area contributed by atoms with Gasteiger partial charge in [-0.3, -0.25) is 9.59 Å². The number of benzene rings is 2. The number of rotatable bonds is 8. The summed E-state index contributed by atoms with van der Waals surface area (Å²) in [5.41, 5.74) is 0.233. The molecule has 0 saturated heterocycles. The number of hydrogen-bond donors (Lipinski definition) is 4. The Morgan fingerprint density at radius 2 is 0.970 bits per heavy atom. The van der Waals surface area contributed by atoms with E-state index in [2.05, 4.69) is 0 Å². The van der Waals surface area contributed by atoms with Crippen LogP contribution in [0.2, 0.25) is 0 Å². The van der Waals surface area contributed by atoms with Crippen LogP contribution in [0, 0.1) is 25.7 Å². The van der Waals surface area contributed by atoms with Crippen molar-refractivity contribution >= 4 is 11.6 Å². The van der Waals surface area contributed by atoms with Crippen molar-refractivity contribution in [3.8, 4) is 34.5 Å². The van der Waals surface area contributed by atoms with Crippen molar-refractivity contribution in [3.63, 3.8) is 0 Å². The lowest BCUT2D eigenvalue weighted by Gasteiger charge is -2.22. The molecular weight excluding hydrogens is 428 g/mol. The Kier molecular flexibility index (Phi) is 7.52. The van der Waals surface area contributed by atoms with E-state index < -0.39 is 34.9 Å². The first kappa shape index (κ1) is 25.8. The minimum Gasteiger partial charge on any atom is -0.507 e. The van der Waals surface area contributed by atoms with Gasteiger partial charge < -0.3 is 29.9 Å². The lowest BCUT2D eigenvalue weighted by molar-refractivity contribution is 0.0925. The number of carbonyl (C=O) groups excluding carboxylic acids is 2. The van der Waals surface area contributed by atoms with Crippen molar-refractivity contribution in [2.75, 3.05) is 14.2 Å². The highest BCUT2D eigenvalue weighted by Gasteiger charge is 2.32. The molecule has 8 heteroatoms. The van der Waals surface area contributed by atoms with Gasteiger partial charge in [0.15, 0.2) is 11.6 Å². The Labute approximate surface area is 193 Å². The van der Waals surface area contributed by atoms with E-state index in [9.17, 15) is 30.0 Å². The van der Waals surface area contributed by atoms with Crippen LogP contribution < -0.4 is 9.47 Å². The molecule has 0 aromatic heterocycles. The summed E-state index contributed by atoms with van der Waals surface area (Å²) in [6.07, 6.45) is -0.205. The Bertz CT molecular complexity index is 1030. The van der Waals surface area contributed by atoms with Crippen molar-refractivity contribution in [2.45, 2.75) is 48.0 Å². The van der Waals surface area contributed by atoms with Crippen LogP contribution in [0.25, 0.3) is 0 Å². The summed E-state index contributed by atoms with van der Waals surface area (Å²) in [7, 11) is 2.70. The van der Waals surface area contributed by atoms with Crippen molar-refractivity contribution in [1.82, 2.24) is 0 Å². The van der Waals surface area contributed by atoms with Crippen LogP contribution in [0.4, 0.5) is 0 Å². The molecule has 0 aliphatic rings. The standard InChI is InChI=1S/C25H32O8/c1-10(2)18(26)16-20(28)12(5)24(32-7)14(22(16)30)9-15-23(31)17(19(27)11(3)4)21(29)13(6)25(15)33-8/h10-11,28-31H,9H2,1-8H3. The lowest BCUT2D eigenvalue weighted by Crippen LogP contribution is -2.13. The van der Waals surface area contributed by atoms with E-state index in [1.165, 1.54) is 14.2 Å². The number of phenols is 4. The quantitative estimate of drug-likeness (QED) is 0.426. The maximum absolute atomic E-state index is 12.7. The second kappa shape index (κ2) is 9.60. The first-order chi connectivity index (χ1) is 15.3. The van der Waals surface area contributed by atoms with Crippen molar-refractivity contribution < 1.29 is 39.5 Å². The maximum Gasteiger partial charge on any atom is 0.172 e. The van der Waals surface area contributed by atoms with Gasteiger partial charge in [0.25, 0.3) is 0 Å². The first-order valence-corrected chi connectivity index (χ1v) is 10.6. The summed E-state index contributed by atoms with van der Waals surface area (Å²) in [6.45, 7) is 9.65. The van der Waals surface area contributed by atoms with E-state index >= 15 is 0 Å². The second-order valence-corrected chi connectivity index (χ2v) is 8.63. The van der Waals surface area contributed by atoms with Gasteiger partial charge in [0.1, 0.15) is 45.6 Å². The summed E-state index contributed by atoms with van der Waals surface area (Å²) in [5.74, 6) is -3.45. The summed E-state index contributed by atoms with van der Waals surface area (Å²) in [4.78, 5) is 25.5. The fourth-order valence-corrected chi connectivity index (χ4v) is 3.89. The predicted octanol–water partition coefficient (Wildman–Crippen LogP) is 4.41. The highest BCUT2D eigenvalue weighted by Crippen LogP contribution is 2.48. The molecule has 8 nitrogen and oxygen atoms in total. The number of Topliss-reactive ketones (excluding diaryl/α,β-unsaturated/α-hetero) is 2. The molecule has 0 saturated carbocycles. The third-order valence-corrected chi connectivity index (χ3v) is 5.76. The number of phenolic OH excluding ortho intramolecular Hbond substituents is 4. The minimum absolute atomic E-state index is 0.120. The Hall–Kier alpha value is -3.42. The van der Waals surface area contributed by atoms with Crippen LogP contribution in [0.1, 0.15) is 70.7 Å². The molecular formula is C25H32O8. The van der Waals surface area contributed by atoms with Crippen LogP contribution in [0.3, 0.4) is 0 Å². The Balaban J connectivity index is 2.93. The van der Waals surface area contributed by atoms with Gasteiger partial charge in [-0.05, 0) is 13.8 Å². The zero-order chi connectivity index (χ0) is 25.4. The van der Waals surface area contributed by atoms with E-state index in [4.69, 9.17) is 9.47 Å². The third kappa shape index (κ3) is 4.29. The van der Waals surface area contributed by atoms with Gasteiger partial charge in [0.05, 0.1) is 14.2 Å². The molecule has 0 aliphatic heterocycles. The smallest absolute Gasteiger partial charge is 0.172 e. The number of ketones is 2. The fraction of sp³-hybridized carbons (Fsp3) is 0.440. The molecule has 0 amide bonds. The molecule has 0 aliphatic carbocycles. The van der Waals surface area contributed by atoms with E-state index in [1.54, 1.807) is 41.5 Å². The summed E-state index contributed by atoms with van der Waals surface area (Å²) in [5, 5.41) is 43.3. The predicted molar refractivity (Wildman–Crippen MR) is 123 cm³/mol. The van der Waals surface area contributed by atoms with Gasteiger partial charge in [-0.2, -0.15) is 0 Å². The Morgan fingerprint density at radius 3 is 1.21 bits per heavy atom. The molecule has 2 rings (SSSR count). The van der Waals surface area contributed by atoms with E-state index in [0.29, 0.717) is 0 Å². The Morgan fingerprint density at radius 1 is 0.667 bits per heavy atom. The normalized spacial score (nSPS) is 11.2. The molecule has 33 heavy (non-hydrogen) atoms. The number of methoxy groups -OCH3 is 2. The van der Waals surface area contributed by atoms with Gasteiger partial charge >= 0.3 is 0 Å². The average molecular weight is 461 g/mol. The van der Waals surface area contributed by atoms with E-state index in [0.717, 1.165) is 0 Å². The number of ether oxygens (including phenoxy) is 2. The van der Waals surface area contributed by atoms with E-state index in [1.807, 2.05) is 0 Å². The monoisotopic (exact) mass is 460 g/mol. The second-order valence-electron chi connectivity index (χ2n) is 8.63. The van der Waals surface area contributed by atoms with Gasteiger partial charge in [0.2, 0.25) is 0 Å². The minimum atomic E-state index is -0.503. The number of hydrogen-bond acceptors (Lipinski definition) is 8. The third-order valence-electron chi connectivity index (χ3n) is 5.76. The maximum atomic E-state index is 12.7. The first-order valence-electron chi connectivity index (χ1n) is 10.6. The summed E-state index contributed by atoms with van der Waals surface area (Å²) >= 11 is 0. The molecule has 0 atom stereocenters. The van der Waals surface area contributed by atoms with E-state index in [-0.39, 0.29) is 62.8 Å². The van der Waals surface area contributed by atoms with Crippen LogP contribution in [0.15, 0.2) is 0 Å². The molecule has 0 spiro atoms. The molecule has 2 aromatic rings. The topological polar surface area (TPSA) is 134 Å². The molecule has 0 bridgehead atoms. The summed E-state index contributed by atoms with van der Waals surface area (Å²) < 4.78 is 10.8. The largest absolute Gasteiger partial charge is 0.507 e. The lowest BCUT2D eigenvalue weighted by atomic mass is 9.88. The van der Waals surface area contributed by atoms with Gasteiger partial charge in [-0.25, -0.2) is 0 Å². The molecule has 2 aromatic carbocycles. The molecule has 0 unspecified atom stereocenters. The zero-order valence-corrected chi connectivity index (χ0v) is 20.3. The van der Waals surface area contributed by atoms with Crippen LogP contribution in [-0.4, -0.2) is 46.2 Å². The van der Waals surface area contributed by atoms with Crippen LogP contribution >= 0.6 is 0 Å². The van der Waals surface area contributed by atoms with Crippen molar-refractivity contribution in [1.29, 1.82) is 0 Å². The summed E-state index contributed by atoms with van der Waals surface area (Å²) in [6, 6.07) is 0. The van der Waals surface area contributed by atoms with Gasteiger partial charge in [-0.1, -0.05) is 27.7 Å². The molecule has 180 valence electrons. The fourth-order valence-electron chi connectivity index (χ4n) is 3.89. The van der Waals surface area contributed by atoms with Crippen LogP contribution in [0.5, 0.6) is 34.5 Å². The average Bonchev–Trinajstić information content (AvgIpc) is 2.75. The molecule has 0 heterocycles. The molecule has 0 fully saturated rings. The molecule has 4 N–H and O–H groups in total. The van der Waals surface area contributed by atoms with Crippen LogP contribution in [-0.2, 0) is 6.42 Å². The molecule has 0 radical (unpaired) electrons. The highest BCUT2D eigenvalue weighted by atomic mass is 16.5. The number of aromatic hydroxyl groups is 4. The van der Waals surface area contributed by atoms with Crippen molar-refractivity contribution in [2.24, 2.45) is 11.8 Å². The highest BCUT2D eigenvalue weighted by molar-refractivity contribution is 6.04. The zero-order valence-electron chi connectivity index (χ0n) is 20.3. The SMILES string of the molecule is COc1c(C)c(O)c(C(=O)C(C)C)c(O)c1Cc1c(O)c(C(=O)C(C)C)c(O)c(C)c1OC. The van der Waals surface area contributed by atoms with Gasteiger partial charge in [0, 0.05) is 40.5 Å².